The topological polar surface area (TPSA) is 82.6 Å². The summed E-state index contributed by atoms with van der Waals surface area (Å²) in [6.45, 7) is 3.04. The van der Waals surface area contributed by atoms with Gasteiger partial charge in [-0.05, 0) is 17.2 Å². The Morgan fingerprint density at radius 1 is 1.06 bits per heavy atom. The van der Waals surface area contributed by atoms with Crippen LogP contribution in [-0.4, -0.2) is 71.5 Å². The van der Waals surface area contributed by atoms with Gasteiger partial charge in [0.05, 0.1) is 7.11 Å². The van der Waals surface area contributed by atoms with E-state index in [0.29, 0.717) is 32.7 Å². The number of nitrogens with zero attached hydrogens (tertiary/aromatic N) is 3. The maximum atomic E-state index is 12.3. The van der Waals surface area contributed by atoms with Gasteiger partial charge in [0.25, 0.3) is 5.91 Å². The van der Waals surface area contributed by atoms with Crippen LogP contribution < -0.4 is 4.74 Å². The van der Waals surface area contributed by atoms with Crippen LogP contribution in [0, 0.1) is 0 Å². The fourth-order valence-electron chi connectivity index (χ4n) is 3.91. The molecule has 0 radical (unpaired) electrons. The van der Waals surface area contributed by atoms with Crippen LogP contribution in [-0.2, 0) is 16.2 Å². The molecule has 0 saturated carbocycles. The minimum atomic E-state index is -1.05. The number of amides is 2. The van der Waals surface area contributed by atoms with Crippen LogP contribution in [0.5, 0.6) is 5.75 Å². The molecular formula is C23H27N3O5. The molecule has 2 aliphatic heterocycles. The number of aliphatic hydroxyl groups excluding tert-OH is 1. The normalized spacial score (nSPS) is 19.5. The molecule has 0 aromatic heterocycles. The molecule has 0 spiro atoms. The second-order valence-corrected chi connectivity index (χ2v) is 7.75. The van der Waals surface area contributed by atoms with Gasteiger partial charge in [-0.2, -0.15) is 0 Å². The van der Waals surface area contributed by atoms with Crippen molar-refractivity contribution in [3.05, 3.63) is 54.1 Å². The van der Waals surface area contributed by atoms with Crippen LogP contribution in [0.2, 0.25) is 0 Å². The monoisotopic (exact) mass is 425 g/mol. The summed E-state index contributed by atoms with van der Waals surface area (Å²) >= 11 is 0. The quantitative estimate of drug-likeness (QED) is 0.793. The number of hydroxylamine groups is 2. The minimum Gasteiger partial charge on any atom is -0.496 e. The number of hydrogen-bond acceptors (Lipinski definition) is 6. The molecule has 0 bridgehead atoms. The van der Waals surface area contributed by atoms with Gasteiger partial charge in [0.1, 0.15) is 5.75 Å². The van der Waals surface area contributed by atoms with E-state index in [1.807, 2.05) is 18.2 Å². The zero-order valence-electron chi connectivity index (χ0n) is 17.6. The third kappa shape index (κ3) is 4.81. The van der Waals surface area contributed by atoms with E-state index in [1.54, 1.807) is 12.0 Å². The average molecular weight is 425 g/mol. The molecule has 2 aliphatic rings. The number of benzene rings is 2. The molecule has 0 aliphatic carbocycles. The number of carbonyl (C=O) groups is 2. The largest absolute Gasteiger partial charge is 0.496 e. The van der Waals surface area contributed by atoms with Crippen molar-refractivity contribution in [2.24, 2.45) is 0 Å². The molecule has 164 valence electrons. The molecule has 4 rings (SSSR count). The molecule has 8 nitrogen and oxygen atoms in total. The molecule has 2 fully saturated rings. The highest BCUT2D eigenvalue weighted by molar-refractivity contribution is 5.79. The summed E-state index contributed by atoms with van der Waals surface area (Å²) in [5.41, 5.74) is 3.33. The highest BCUT2D eigenvalue weighted by Crippen LogP contribution is 2.28. The van der Waals surface area contributed by atoms with Gasteiger partial charge >= 0.3 is 6.09 Å². The first-order chi connectivity index (χ1) is 15.0. The van der Waals surface area contributed by atoms with Crippen molar-refractivity contribution >= 4 is 12.0 Å². The van der Waals surface area contributed by atoms with E-state index in [4.69, 9.17) is 9.57 Å². The van der Waals surface area contributed by atoms with Crippen molar-refractivity contribution in [3.63, 3.8) is 0 Å². The molecule has 1 unspecified atom stereocenters. The Hall–Kier alpha value is -3.10. The number of hydrogen-bond donors (Lipinski definition) is 1. The van der Waals surface area contributed by atoms with E-state index in [2.05, 4.69) is 35.2 Å². The Bertz CT molecular complexity index is 928. The van der Waals surface area contributed by atoms with Gasteiger partial charge in [0.15, 0.2) is 6.23 Å². The van der Waals surface area contributed by atoms with E-state index in [0.717, 1.165) is 27.5 Å². The van der Waals surface area contributed by atoms with E-state index in [1.165, 1.54) is 0 Å². The van der Waals surface area contributed by atoms with Crippen LogP contribution in [0.1, 0.15) is 18.4 Å². The van der Waals surface area contributed by atoms with Crippen molar-refractivity contribution in [2.75, 3.05) is 33.3 Å². The maximum absolute atomic E-state index is 12.3. The molecule has 2 saturated heterocycles. The first kappa shape index (κ1) is 21.1. The highest BCUT2D eigenvalue weighted by atomic mass is 16.7. The molecule has 8 heteroatoms. The smallest absolute Gasteiger partial charge is 0.434 e. The molecule has 2 amide bonds. The van der Waals surface area contributed by atoms with Crippen molar-refractivity contribution in [3.8, 4) is 16.9 Å². The van der Waals surface area contributed by atoms with E-state index >= 15 is 0 Å². The number of carbonyl (C=O) groups excluding carboxylic acids is 2. The van der Waals surface area contributed by atoms with Gasteiger partial charge in [-0.25, -0.2) is 4.79 Å². The Balaban J connectivity index is 1.33. The second kappa shape index (κ2) is 9.36. The molecule has 1 atom stereocenters. The summed E-state index contributed by atoms with van der Waals surface area (Å²) in [5, 5.41) is 10.5. The third-order valence-electron chi connectivity index (χ3n) is 5.73. The zero-order chi connectivity index (χ0) is 21.8. The standard InChI is InChI=1S/C23H27N3O5/c1-30-20-15-18(17-5-3-2-4-6-17)7-8-19(20)16-24-11-13-25(14-12-24)23(29)31-26-21(27)9-10-22(26)28/h2-8,15,21,27H,9-14,16H2,1H3. The lowest BCUT2D eigenvalue weighted by atomic mass is 10.0. The lowest BCUT2D eigenvalue weighted by molar-refractivity contribution is -0.194. The van der Waals surface area contributed by atoms with Gasteiger partial charge in [-0.15, -0.1) is 5.06 Å². The molecule has 2 aromatic carbocycles. The van der Waals surface area contributed by atoms with Gasteiger partial charge in [0.2, 0.25) is 0 Å². The van der Waals surface area contributed by atoms with Gasteiger partial charge in [0, 0.05) is 51.1 Å². The molecule has 2 heterocycles. The Morgan fingerprint density at radius 3 is 2.45 bits per heavy atom. The zero-order valence-corrected chi connectivity index (χ0v) is 17.6. The summed E-state index contributed by atoms with van der Waals surface area (Å²) in [4.78, 5) is 32.9. The maximum Gasteiger partial charge on any atom is 0.434 e. The molecule has 31 heavy (non-hydrogen) atoms. The Labute approximate surface area is 181 Å². The van der Waals surface area contributed by atoms with E-state index in [-0.39, 0.29) is 18.7 Å². The second-order valence-electron chi connectivity index (χ2n) is 7.75. The Morgan fingerprint density at radius 2 is 1.81 bits per heavy atom. The molecule has 2 aromatic rings. The number of rotatable bonds is 5. The summed E-state index contributed by atoms with van der Waals surface area (Å²) < 4.78 is 5.63. The number of piperazine rings is 1. The molecule has 1 N–H and O–H groups in total. The number of ether oxygens (including phenoxy) is 1. The number of aliphatic hydroxyl groups is 1. The fraction of sp³-hybridized carbons (Fsp3) is 0.391. The SMILES string of the molecule is COc1cc(-c2ccccc2)ccc1CN1CCN(C(=O)ON2C(=O)CCC2O)CC1. The average Bonchev–Trinajstić information content (AvgIpc) is 3.12. The predicted molar refractivity (Wildman–Crippen MR) is 114 cm³/mol. The number of methoxy groups -OCH3 is 1. The van der Waals surface area contributed by atoms with Crippen LogP contribution in [0.3, 0.4) is 0 Å². The lowest BCUT2D eigenvalue weighted by Gasteiger charge is -2.35. The third-order valence-corrected chi connectivity index (χ3v) is 5.73. The lowest BCUT2D eigenvalue weighted by Crippen LogP contribution is -2.50. The van der Waals surface area contributed by atoms with Crippen molar-refractivity contribution in [2.45, 2.75) is 25.6 Å². The van der Waals surface area contributed by atoms with E-state index < -0.39 is 12.3 Å². The van der Waals surface area contributed by atoms with Gasteiger partial charge in [-0.1, -0.05) is 42.5 Å². The fourth-order valence-corrected chi connectivity index (χ4v) is 3.91. The van der Waals surface area contributed by atoms with Crippen LogP contribution >= 0.6 is 0 Å². The van der Waals surface area contributed by atoms with Crippen LogP contribution in [0.4, 0.5) is 4.79 Å². The summed E-state index contributed by atoms with van der Waals surface area (Å²) in [5.74, 6) is 0.468. The van der Waals surface area contributed by atoms with Crippen LogP contribution in [0.15, 0.2) is 48.5 Å². The summed E-state index contributed by atoms with van der Waals surface area (Å²) in [6, 6.07) is 16.4. The van der Waals surface area contributed by atoms with Gasteiger partial charge in [-0.3, -0.25) is 9.69 Å². The highest BCUT2D eigenvalue weighted by Gasteiger charge is 2.35. The van der Waals surface area contributed by atoms with Crippen molar-refractivity contribution in [1.29, 1.82) is 0 Å². The van der Waals surface area contributed by atoms with Crippen molar-refractivity contribution < 1.29 is 24.3 Å². The first-order valence-corrected chi connectivity index (χ1v) is 10.5. The summed E-state index contributed by atoms with van der Waals surface area (Å²) in [6.07, 6.45) is -1.18. The minimum absolute atomic E-state index is 0.188. The van der Waals surface area contributed by atoms with Crippen LogP contribution in [0.25, 0.3) is 11.1 Å². The van der Waals surface area contributed by atoms with E-state index in [9.17, 15) is 14.7 Å². The van der Waals surface area contributed by atoms with Crippen molar-refractivity contribution in [1.82, 2.24) is 14.9 Å². The first-order valence-electron chi connectivity index (χ1n) is 10.5. The predicted octanol–water partition coefficient (Wildman–Crippen LogP) is 2.47. The summed E-state index contributed by atoms with van der Waals surface area (Å²) in [7, 11) is 1.68. The Kier molecular flexibility index (Phi) is 6.39. The van der Waals surface area contributed by atoms with Gasteiger partial charge < -0.3 is 19.6 Å². The molecular weight excluding hydrogens is 398 g/mol.